The smallest absolute Gasteiger partial charge is 0.248 e. The maximum atomic E-state index is 12.6. The fourth-order valence-corrected chi connectivity index (χ4v) is 3.31. The molecule has 1 saturated carbocycles. The molecule has 1 atom stereocenters. The van der Waals surface area contributed by atoms with Crippen LogP contribution in [0.25, 0.3) is 0 Å². The van der Waals surface area contributed by atoms with Crippen molar-refractivity contribution in [3.8, 4) is 0 Å². The van der Waals surface area contributed by atoms with Gasteiger partial charge in [-0.05, 0) is 42.7 Å². The third-order valence-corrected chi connectivity index (χ3v) is 5.12. The van der Waals surface area contributed by atoms with Gasteiger partial charge in [0.2, 0.25) is 11.9 Å². The number of hydrogen-bond donors (Lipinski definition) is 2. The number of anilines is 1. The Morgan fingerprint density at radius 1 is 1.27 bits per heavy atom. The number of halogens is 1. The molecule has 0 bridgehead atoms. The lowest BCUT2D eigenvalue weighted by molar-refractivity contribution is -0.116. The van der Waals surface area contributed by atoms with E-state index >= 15 is 0 Å². The summed E-state index contributed by atoms with van der Waals surface area (Å²) in [5.74, 6) is 1.54. The van der Waals surface area contributed by atoms with Gasteiger partial charge in [-0.3, -0.25) is 15.2 Å². The predicted molar refractivity (Wildman–Crippen MR) is 100 cm³/mol. The molecule has 1 aliphatic carbocycles. The zero-order valence-corrected chi connectivity index (χ0v) is 15.0. The van der Waals surface area contributed by atoms with Crippen molar-refractivity contribution in [2.45, 2.75) is 37.6 Å². The van der Waals surface area contributed by atoms with Crippen LogP contribution < -0.4 is 5.32 Å². The zero-order chi connectivity index (χ0) is 17.9. The van der Waals surface area contributed by atoms with Gasteiger partial charge in [0.1, 0.15) is 5.82 Å². The highest BCUT2D eigenvalue weighted by molar-refractivity contribution is 6.30. The van der Waals surface area contributed by atoms with Gasteiger partial charge in [0.25, 0.3) is 0 Å². The number of amides is 1. The van der Waals surface area contributed by atoms with Gasteiger partial charge >= 0.3 is 0 Å². The molecular weight excluding hydrogens is 350 g/mol. The molecule has 2 heterocycles. The lowest BCUT2D eigenvalue weighted by Gasteiger charge is -2.22. The van der Waals surface area contributed by atoms with Gasteiger partial charge < -0.3 is 4.57 Å². The minimum Gasteiger partial charge on any atom is -0.346 e. The molecule has 7 heteroatoms. The Bertz CT molecular complexity index is 868. The quantitative estimate of drug-likeness (QED) is 0.685. The van der Waals surface area contributed by atoms with Crippen LogP contribution >= 0.6 is 11.6 Å². The molecule has 1 aliphatic rings. The Labute approximate surface area is 156 Å². The number of H-pyrrole nitrogens is 1. The van der Waals surface area contributed by atoms with Crippen molar-refractivity contribution in [2.24, 2.45) is 0 Å². The predicted octanol–water partition coefficient (Wildman–Crippen LogP) is 4.15. The zero-order valence-electron chi connectivity index (χ0n) is 14.2. The molecule has 134 valence electrons. The van der Waals surface area contributed by atoms with E-state index in [1.807, 2.05) is 53.4 Å². The third kappa shape index (κ3) is 3.65. The molecule has 4 rings (SSSR count). The van der Waals surface area contributed by atoms with Gasteiger partial charge in [0.15, 0.2) is 0 Å². The average molecular weight is 370 g/mol. The molecule has 0 saturated heterocycles. The number of benzene rings is 1. The number of carbonyl (C=O) groups excluding carboxylic acids is 1. The number of rotatable bonds is 6. The molecule has 0 aliphatic heterocycles. The van der Waals surface area contributed by atoms with E-state index in [1.165, 1.54) is 6.42 Å². The molecule has 0 spiro atoms. The summed E-state index contributed by atoms with van der Waals surface area (Å²) in [5.41, 5.74) is 1.02. The van der Waals surface area contributed by atoms with Crippen LogP contribution in [0, 0.1) is 0 Å². The van der Waals surface area contributed by atoms with Crippen molar-refractivity contribution < 1.29 is 4.79 Å². The number of carbonyl (C=O) groups is 1. The lowest BCUT2D eigenvalue weighted by atomic mass is 9.85. The normalized spacial score (nSPS) is 15.4. The van der Waals surface area contributed by atoms with Crippen molar-refractivity contribution in [3.63, 3.8) is 0 Å². The van der Waals surface area contributed by atoms with E-state index in [1.54, 1.807) is 0 Å². The van der Waals surface area contributed by atoms with E-state index in [4.69, 9.17) is 11.6 Å². The van der Waals surface area contributed by atoms with Gasteiger partial charge in [-0.1, -0.05) is 30.2 Å². The fourth-order valence-electron chi connectivity index (χ4n) is 3.18. The first-order valence-corrected chi connectivity index (χ1v) is 9.17. The maximum Gasteiger partial charge on any atom is 0.248 e. The topological polar surface area (TPSA) is 75.6 Å². The Balaban J connectivity index is 1.47. The molecule has 1 aromatic carbocycles. The average Bonchev–Trinajstić information content (AvgIpc) is 3.24. The minimum atomic E-state index is -0.127. The van der Waals surface area contributed by atoms with Crippen LogP contribution in [-0.2, 0) is 4.79 Å². The van der Waals surface area contributed by atoms with Crippen LogP contribution in [0.4, 0.5) is 5.95 Å². The number of aromatic amines is 1. The van der Waals surface area contributed by atoms with Crippen LogP contribution in [0.1, 0.15) is 49.0 Å². The largest absolute Gasteiger partial charge is 0.346 e. The van der Waals surface area contributed by atoms with Crippen molar-refractivity contribution in [1.29, 1.82) is 0 Å². The summed E-state index contributed by atoms with van der Waals surface area (Å²) in [6, 6.07) is 11.3. The van der Waals surface area contributed by atoms with Gasteiger partial charge in [0.05, 0.1) is 12.5 Å². The lowest BCUT2D eigenvalue weighted by Crippen LogP contribution is -2.20. The van der Waals surface area contributed by atoms with Crippen LogP contribution in [0.2, 0.25) is 5.02 Å². The molecule has 2 N–H and O–H groups in total. The Hall–Kier alpha value is -2.60. The summed E-state index contributed by atoms with van der Waals surface area (Å²) in [6.07, 6.45) is 7.68. The van der Waals surface area contributed by atoms with Gasteiger partial charge in [-0.2, -0.15) is 4.98 Å². The highest BCUT2D eigenvalue weighted by Crippen LogP contribution is 2.34. The van der Waals surface area contributed by atoms with Crippen molar-refractivity contribution in [3.05, 3.63) is 65.2 Å². The summed E-state index contributed by atoms with van der Waals surface area (Å²) in [6.45, 7) is 0. The second kappa shape index (κ2) is 7.33. The number of aromatic nitrogens is 4. The van der Waals surface area contributed by atoms with Gasteiger partial charge in [-0.15, -0.1) is 5.10 Å². The SMILES string of the molecule is O=C(CC(c1ccc(Cl)cc1)n1cccc1)Nc1n[nH]c(C2CCC2)n1. The second-order valence-corrected chi connectivity index (χ2v) is 7.06. The van der Waals surface area contributed by atoms with Crippen LogP contribution in [0.5, 0.6) is 0 Å². The van der Waals surface area contributed by atoms with E-state index in [0.717, 1.165) is 24.2 Å². The Morgan fingerprint density at radius 2 is 2.00 bits per heavy atom. The first kappa shape index (κ1) is 16.8. The molecule has 6 nitrogen and oxygen atoms in total. The van der Waals surface area contributed by atoms with E-state index in [2.05, 4.69) is 20.5 Å². The van der Waals surface area contributed by atoms with E-state index in [0.29, 0.717) is 16.9 Å². The maximum absolute atomic E-state index is 12.6. The van der Waals surface area contributed by atoms with E-state index < -0.39 is 0 Å². The van der Waals surface area contributed by atoms with Crippen molar-refractivity contribution in [1.82, 2.24) is 19.7 Å². The Morgan fingerprint density at radius 3 is 2.65 bits per heavy atom. The van der Waals surface area contributed by atoms with E-state index in [9.17, 15) is 4.79 Å². The van der Waals surface area contributed by atoms with Crippen LogP contribution in [0.15, 0.2) is 48.8 Å². The molecule has 26 heavy (non-hydrogen) atoms. The number of hydrogen-bond acceptors (Lipinski definition) is 3. The van der Waals surface area contributed by atoms with Gasteiger partial charge in [0, 0.05) is 23.3 Å². The highest BCUT2D eigenvalue weighted by atomic mass is 35.5. The molecule has 2 aromatic heterocycles. The highest BCUT2D eigenvalue weighted by Gasteiger charge is 2.24. The fraction of sp³-hybridized carbons (Fsp3) is 0.316. The summed E-state index contributed by atoms with van der Waals surface area (Å²) >= 11 is 5.99. The second-order valence-electron chi connectivity index (χ2n) is 6.62. The summed E-state index contributed by atoms with van der Waals surface area (Å²) in [5, 5.41) is 10.5. The molecule has 1 fully saturated rings. The van der Waals surface area contributed by atoms with Crippen LogP contribution in [0.3, 0.4) is 0 Å². The monoisotopic (exact) mass is 369 g/mol. The molecule has 1 unspecified atom stereocenters. The summed E-state index contributed by atoms with van der Waals surface area (Å²) in [7, 11) is 0. The van der Waals surface area contributed by atoms with Crippen LogP contribution in [-0.4, -0.2) is 25.7 Å². The number of nitrogens with one attached hydrogen (secondary N) is 2. The molecular formula is C19H20ClN5O. The summed E-state index contributed by atoms with van der Waals surface area (Å²) in [4.78, 5) is 17.0. The minimum absolute atomic E-state index is 0.118. The Kier molecular flexibility index (Phi) is 4.75. The first-order chi connectivity index (χ1) is 12.7. The standard InChI is InChI=1S/C19H20ClN5O/c20-15-8-6-13(7-9-15)16(25-10-1-2-11-25)12-17(26)21-19-22-18(23-24-19)14-4-3-5-14/h1-2,6-11,14,16H,3-5,12H2,(H2,21,22,23,24,26). The van der Waals surface area contributed by atoms with E-state index in [-0.39, 0.29) is 18.4 Å². The molecule has 0 radical (unpaired) electrons. The van der Waals surface area contributed by atoms with Gasteiger partial charge in [-0.25, -0.2) is 0 Å². The van der Waals surface area contributed by atoms with Crippen molar-refractivity contribution in [2.75, 3.05) is 5.32 Å². The third-order valence-electron chi connectivity index (χ3n) is 4.87. The summed E-state index contributed by atoms with van der Waals surface area (Å²) < 4.78 is 2.01. The molecule has 1 amide bonds. The number of nitrogens with zero attached hydrogens (tertiary/aromatic N) is 3. The van der Waals surface area contributed by atoms with Crippen molar-refractivity contribution >= 4 is 23.5 Å². The first-order valence-electron chi connectivity index (χ1n) is 8.79. The molecule has 3 aromatic rings.